The highest BCUT2D eigenvalue weighted by Gasteiger charge is 2.18. The molecule has 1 aromatic heterocycles. The van der Waals surface area contributed by atoms with Crippen LogP contribution < -0.4 is 14.5 Å². The number of hydrogen-bond acceptors (Lipinski definition) is 9. The van der Waals surface area contributed by atoms with Crippen LogP contribution in [-0.4, -0.2) is 50.3 Å². The Morgan fingerprint density at radius 3 is 2.42 bits per heavy atom. The van der Waals surface area contributed by atoms with Gasteiger partial charge in [-0.05, 0) is 73.3 Å². The number of hydroxylamine groups is 2. The third-order valence-corrected chi connectivity index (χ3v) is 7.19. The Morgan fingerprint density at radius 2 is 1.68 bits per heavy atom. The standard InChI is InChI=1S/C31H34N2O6S/c1-32(2)38-39-40-37-26-15-16-27-28(30(24-9-5-3-6-10-24)31(34)36-29(27)22-26)21-23-11-13-25(14-12-23)35-20-19-33-17-7-4-8-18-33/h3,5-6,9-16,22H,4,7-8,17-21H2,1-2H3. The van der Waals surface area contributed by atoms with Gasteiger partial charge in [0.15, 0.2) is 0 Å². The summed E-state index contributed by atoms with van der Waals surface area (Å²) in [4.78, 5) is 20.6. The van der Waals surface area contributed by atoms with E-state index in [0.29, 0.717) is 42.2 Å². The monoisotopic (exact) mass is 562 g/mol. The zero-order valence-electron chi connectivity index (χ0n) is 22.8. The van der Waals surface area contributed by atoms with Gasteiger partial charge in [-0.3, -0.25) is 4.90 Å². The van der Waals surface area contributed by atoms with Crippen molar-refractivity contribution < 1.29 is 22.7 Å². The van der Waals surface area contributed by atoms with Gasteiger partial charge in [-0.1, -0.05) is 48.9 Å². The summed E-state index contributed by atoms with van der Waals surface area (Å²) in [6.45, 7) is 3.95. The van der Waals surface area contributed by atoms with Crippen LogP contribution >= 0.6 is 12.3 Å². The number of benzene rings is 3. The Bertz CT molecular complexity index is 1440. The Balaban J connectivity index is 1.37. The van der Waals surface area contributed by atoms with E-state index in [4.69, 9.17) is 22.7 Å². The van der Waals surface area contributed by atoms with Crippen LogP contribution in [0.25, 0.3) is 22.1 Å². The Morgan fingerprint density at radius 1 is 0.925 bits per heavy atom. The van der Waals surface area contributed by atoms with E-state index >= 15 is 0 Å². The second kappa shape index (κ2) is 13.8. The number of piperidine rings is 1. The number of fused-ring (bicyclic) bond motifs is 1. The van der Waals surface area contributed by atoms with E-state index in [1.165, 1.54) is 24.3 Å². The minimum absolute atomic E-state index is 0.400. The third-order valence-electron chi connectivity index (χ3n) is 6.82. The van der Waals surface area contributed by atoms with E-state index in [1.807, 2.05) is 54.6 Å². The van der Waals surface area contributed by atoms with E-state index in [1.54, 1.807) is 20.2 Å². The summed E-state index contributed by atoms with van der Waals surface area (Å²) in [6, 6.07) is 23.1. The van der Waals surface area contributed by atoms with Crippen LogP contribution in [0, 0.1) is 0 Å². The molecular formula is C31H34N2O6S. The third kappa shape index (κ3) is 7.44. The Hall–Kier alpha value is -3.34. The van der Waals surface area contributed by atoms with Gasteiger partial charge in [0.05, 0.1) is 5.56 Å². The van der Waals surface area contributed by atoms with Crippen LogP contribution in [-0.2, 0) is 15.7 Å². The summed E-state index contributed by atoms with van der Waals surface area (Å²) in [5, 5.41) is 2.23. The molecule has 210 valence electrons. The second-order valence-electron chi connectivity index (χ2n) is 9.94. The summed E-state index contributed by atoms with van der Waals surface area (Å²) in [5.74, 6) is 1.31. The first-order valence-corrected chi connectivity index (χ1v) is 14.2. The van der Waals surface area contributed by atoms with Crippen LogP contribution in [0.2, 0.25) is 0 Å². The van der Waals surface area contributed by atoms with Crippen LogP contribution in [0.3, 0.4) is 0 Å². The molecule has 0 spiro atoms. The van der Waals surface area contributed by atoms with Crippen molar-refractivity contribution in [1.82, 2.24) is 9.96 Å². The van der Waals surface area contributed by atoms with Gasteiger partial charge in [0.2, 0.25) is 0 Å². The molecule has 3 aromatic carbocycles. The normalized spacial score (nSPS) is 14.1. The first-order valence-electron chi connectivity index (χ1n) is 13.5. The number of likely N-dealkylation sites (tertiary alicyclic amines) is 1. The van der Waals surface area contributed by atoms with E-state index in [9.17, 15) is 4.79 Å². The molecule has 1 aliphatic heterocycles. The second-order valence-corrected chi connectivity index (χ2v) is 10.4. The molecule has 0 atom stereocenters. The molecule has 40 heavy (non-hydrogen) atoms. The average Bonchev–Trinajstić information content (AvgIpc) is 2.97. The van der Waals surface area contributed by atoms with Crippen molar-refractivity contribution in [2.24, 2.45) is 0 Å². The van der Waals surface area contributed by atoms with Gasteiger partial charge in [-0.2, -0.15) is 5.06 Å². The quantitative estimate of drug-likeness (QED) is 0.0652. The molecule has 1 fully saturated rings. The summed E-state index contributed by atoms with van der Waals surface area (Å²) in [7, 11) is 3.38. The van der Waals surface area contributed by atoms with Gasteiger partial charge in [-0.15, -0.1) is 9.32 Å². The molecule has 0 amide bonds. The van der Waals surface area contributed by atoms with Crippen molar-refractivity contribution in [3.8, 4) is 22.6 Å². The van der Waals surface area contributed by atoms with E-state index in [0.717, 1.165) is 47.5 Å². The lowest BCUT2D eigenvalue weighted by molar-refractivity contribution is -0.342. The lowest BCUT2D eigenvalue weighted by atomic mass is 9.93. The number of rotatable bonds is 12. The van der Waals surface area contributed by atoms with E-state index in [-0.39, 0.29) is 0 Å². The van der Waals surface area contributed by atoms with E-state index in [2.05, 4.69) is 17.0 Å². The molecule has 5 rings (SSSR count). The molecule has 4 aromatic rings. The zero-order chi connectivity index (χ0) is 27.7. The largest absolute Gasteiger partial charge is 0.492 e. The van der Waals surface area contributed by atoms with Gasteiger partial charge in [0.25, 0.3) is 12.3 Å². The number of hydrogen-bond donors (Lipinski definition) is 0. The SMILES string of the molecule is CN(C)OOSOc1ccc2c(Cc3ccc(OCCN4CCCCC4)cc3)c(-c3ccccc3)c(=O)oc2c1. The highest BCUT2D eigenvalue weighted by molar-refractivity contribution is 7.90. The van der Waals surface area contributed by atoms with Crippen molar-refractivity contribution >= 4 is 23.3 Å². The summed E-state index contributed by atoms with van der Waals surface area (Å²) in [6.07, 6.45) is 4.44. The van der Waals surface area contributed by atoms with Crippen molar-refractivity contribution in [3.05, 3.63) is 94.3 Å². The fraction of sp³-hybridized carbons (Fsp3) is 0.323. The minimum atomic E-state index is -0.400. The highest BCUT2D eigenvalue weighted by atomic mass is 32.2. The van der Waals surface area contributed by atoms with Crippen molar-refractivity contribution in [2.45, 2.75) is 25.7 Å². The highest BCUT2D eigenvalue weighted by Crippen LogP contribution is 2.32. The molecule has 0 radical (unpaired) electrons. The van der Waals surface area contributed by atoms with Crippen LogP contribution in [0.5, 0.6) is 11.5 Å². The van der Waals surface area contributed by atoms with Crippen molar-refractivity contribution in [1.29, 1.82) is 0 Å². The Kier molecular flexibility index (Phi) is 9.75. The molecule has 0 bridgehead atoms. The molecule has 0 saturated carbocycles. The average molecular weight is 563 g/mol. The van der Waals surface area contributed by atoms with Gasteiger partial charge in [0, 0.05) is 32.1 Å². The zero-order valence-corrected chi connectivity index (χ0v) is 23.7. The lowest BCUT2D eigenvalue weighted by Gasteiger charge is -2.26. The molecule has 1 aliphatic rings. The fourth-order valence-electron chi connectivity index (χ4n) is 4.89. The molecule has 9 heteroatoms. The van der Waals surface area contributed by atoms with Crippen molar-refractivity contribution in [3.63, 3.8) is 0 Å². The van der Waals surface area contributed by atoms with Gasteiger partial charge in [0.1, 0.15) is 23.7 Å². The van der Waals surface area contributed by atoms with E-state index < -0.39 is 5.63 Å². The predicted octanol–water partition coefficient (Wildman–Crippen LogP) is 6.28. The molecule has 8 nitrogen and oxygen atoms in total. The maximum absolute atomic E-state index is 13.3. The lowest BCUT2D eigenvalue weighted by Crippen LogP contribution is -2.33. The molecule has 0 N–H and O–H groups in total. The van der Waals surface area contributed by atoms with Crippen molar-refractivity contribution in [2.75, 3.05) is 40.3 Å². The maximum Gasteiger partial charge on any atom is 0.344 e. The molecule has 1 saturated heterocycles. The van der Waals surface area contributed by atoms with Gasteiger partial charge < -0.3 is 13.3 Å². The van der Waals surface area contributed by atoms with Gasteiger partial charge in [-0.25, -0.2) is 4.79 Å². The van der Waals surface area contributed by atoms with Crippen LogP contribution in [0.15, 0.2) is 82.0 Å². The Labute approximate surface area is 238 Å². The maximum atomic E-state index is 13.3. The van der Waals surface area contributed by atoms with Gasteiger partial charge >= 0.3 is 5.63 Å². The topological polar surface area (TPSA) is 73.6 Å². The predicted molar refractivity (Wildman–Crippen MR) is 157 cm³/mol. The summed E-state index contributed by atoms with van der Waals surface area (Å²) < 4.78 is 22.2. The minimum Gasteiger partial charge on any atom is -0.492 e. The first kappa shape index (κ1) is 28.2. The number of ether oxygens (including phenoxy) is 1. The fourth-order valence-corrected chi connectivity index (χ4v) is 5.24. The molecular weight excluding hydrogens is 528 g/mol. The molecule has 0 unspecified atom stereocenters. The molecule has 2 heterocycles. The van der Waals surface area contributed by atoms with Crippen LogP contribution in [0.4, 0.5) is 0 Å². The number of nitrogens with zero attached hydrogens (tertiary/aromatic N) is 2. The first-order chi connectivity index (χ1) is 19.6. The van der Waals surface area contributed by atoms with Crippen LogP contribution in [0.1, 0.15) is 30.4 Å². The summed E-state index contributed by atoms with van der Waals surface area (Å²) in [5.41, 5.74) is 3.36. The smallest absolute Gasteiger partial charge is 0.344 e. The molecule has 0 aliphatic carbocycles. The summed E-state index contributed by atoms with van der Waals surface area (Å²) >= 11 is 0.671.